The number of ether oxygens (including phenoxy) is 2. The normalized spacial score (nSPS) is 11.2. The number of nitrogens with zero attached hydrogens (tertiary/aromatic N) is 4. The summed E-state index contributed by atoms with van der Waals surface area (Å²) in [6.45, 7) is 2.05. The molecule has 9 nitrogen and oxygen atoms in total. The number of rotatable bonds is 10. The Balaban J connectivity index is 1.82. The van der Waals surface area contributed by atoms with Crippen LogP contribution in [0.3, 0.4) is 0 Å². The summed E-state index contributed by atoms with van der Waals surface area (Å²) in [7, 11) is -2.58. The van der Waals surface area contributed by atoms with Gasteiger partial charge in [0.25, 0.3) is 10.0 Å². The summed E-state index contributed by atoms with van der Waals surface area (Å²) >= 11 is 6.50. The van der Waals surface area contributed by atoms with Crippen molar-refractivity contribution < 1.29 is 17.9 Å². The molecule has 1 N–H and O–H groups in total. The number of halogens is 1. The number of benzene rings is 2. The summed E-state index contributed by atoms with van der Waals surface area (Å²) in [6.07, 6.45) is 5.44. The molecule has 2 heterocycles. The third kappa shape index (κ3) is 5.72. The first-order chi connectivity index (χ1) is 17.4. The smallest absolute Gasteiger partial charge is 0.263 e. The topological polar surface area (TPSA) is 116 Å². The van der Waals surface area contributed by atoms with Gasteiger partial charge in [-0.1, -0.05) is 55.3 Å². The minimum absolute atomic E-state index is 0.0324. The van der Waals surface area contributed by atoms with Crippen LogP contribution in [0.15, 0.2) is 71.9 Å². The van der Waals surface area contributed by atoms with E-state index in [2.05, 4.69) is 24.7 Å². The van der Waals surface area contributed by atoms with Crippen molar-refractivity contribution in [2.45, 2.75) is 31.1 Å². The van der Waals surface area contributed by atoms with Crippen LogP contribution in [0, 0.1) is 0 Å². The zero-order valence-electron chi connectivity index (χ0n) is 19.7. The summed E-state index contributed by atoms with van der Waals surface area (Å²) < 4.78 is 41.0. The van der Waals surface area contributed by atoms with Gasteiger partial charge in [0.1, 0.15) is 0 Å². The zero-order valence-corrected chi connectivity index (χ0v) is 21.3. The Labute approximate surface area is 214 Å². The second kappa shape index (κ2) is 11.3. The molecule has 0 saturated carbocycles. The number of anilines is 1. The van der Waals surface area contributed by atoms with Crippen LogP contribution < -0.4 is 14.2 Å². The molecule has 0 spiro atoms. The molecule has 0 bridgehead atoms. The monoisotopic (exact) mass is 525 g/mol. The van der Waals surface area contributed by atoms with E-state index >= 15 is 0 Å². The lowest BCUT2D eigenvalue weighted by Gasteiger charge is -2.17. The fourth-order valence-electron chi connectivity index (χ4n) is 3.43. The van der Waals surface area contributed by atoms with Crippen molar-refractivity contribution in [3.05, 3.63) is 77.7 Å². The first-order valence-electron chi connectivity index (χ1n) is 11.2. The number of hydrogen-bond donors (Lipinski definition) is 1. The van der Waals surface area contributed by atoms with Crippen LogP contribution in [0.5, 0.6) is 17.2 Å². The van der Waals surface area contributed by atoms with E-state index in [0.29, 0.717) is 23.5 Å². The Kier molecular flexibility index (Phi) is 7.97. The second-order valence-corrected chi connectivity index (χ2v) is 9.67. The number of para-hydroxylation sites is 2. The van der Waals surface area contributed by atoms with E-state index in [1.807, 2.05) is 13.0 Å². The van der Waals surface area contributed by atoms with E-state index in [-0.39, 0.29) is 33.3 Å². The fraction of sp³-hybridized carbons (Fsp3) is 0.200. The first-order valence-corrected chi connectivity index (χ1v) is 13.1. The second-order valence-electron chi connectivity index (χ2n) is 7.66. The largest absolute Gasteiger partial charge is 0.493 e. The average Bonchev–Trinajstić information content (AvgIpc) is 2.90. The van der Waals surface area contributed by atoms with E-state index in [9.17, 15) is 8.42 Å². The molecule has 11 heteroatoms. The third-order valence-corrected chi connectivity index (χ3v) is 6.86. The molecule has 0 aliphatic carbocycles. The number of aryl methyl sites for hydroxylation is 1. The standard InChI is InChI=1S/C25H24ClN5O4S/c1-3-4-10-17-11-5-8-14-20(17)36(32,33)31-23-21(35-19-13-7-6-12-18(19)34-2)22(26)29-25(30-23)24-27-15-9-16-28-24/h5-9,11-16H,3-4,10H2,1-2H3,(H,29,30,31). The quantitative estimate of drug-likeness (QED) is 0.268. The van der Waals surface area contributed by atoms with Crippen molar-refractivity contribution in [2.75, 3.05) is 11.8 Å². The van der Waals surface area contributed by atoms with Gasteiger partial charge in [0.15, 0.2) is 28.3 Å². The van der Waals surface area contributed by atoms with E-state index in [1.54, 1.807) is 48.5 Å². The van der Waals surface area contributed by atoms with Crippen molar-refractivity contribution in [3.8, 4) is 28.9 Å². The summed E-state index contributed by atoms with van der Waals surface area (Å²) in [5.74, 6) is 0.682. The van der Waals surface area contributed by atoms with E-state index in [4.69, 9.17) is 21.1 Å². The van der Waals surface area contributed by atoms with Crippen LogP contribution in [-0.4, -0.2) is 35.5 Å². The van der Waals surface area contributed by atoms with Crippen LogP contribution in [0.2, 0.25) is 5.15 Å². The average molecular weight is 526 g/mol. The van der Waals surface area contributed by atoms with E-state index in [1.165, 1.54) is 19.5 Å². The Morgan fingerprint density at radius 2 is 1.61 bits per heavy atom. The van der Waals surface area contributed by atoms with Crippen LogP contribution in [0.1, 0.15) is 25.3 Å². The van der Waals surface area contributed by atoms with Gasteiger partial charge in [0.2, 0.25) is 11.6 Å². The van der Waals surface area contributed by atoms with Crippen LogP contribution in [0.25, 0.3) is 11.6 Å². The van der Waals surface area contributed by atoms with Gasteiger partial charge in [-0.3, -0.25) is 4.72 Å². The molecule has 36 heavy (non-hydrogen) atoms. The number of aromatic nitrogens is 4. The van der Waals surface area contributed by atoms with Crippen molar-refractivity contribution in [1.29, 1.82) is 0 Å². The number of nitrogens with one attached hydrogen (secondary N) is 1. The maximum Gasteiger partial charge on any atom is 0.263 e. The predicted octanol–water partition coefficient (Wildman–Crippen LogP) is 5.53. The van der Waals surface area contributed by atoms with Gasteiger partial charge in [-0.05, 0) is 42.7 Å². The van der Waals surface area contributed by atoms with E-state index < -0.39 is 10.0 Å². The Hall–Kier alpha value is -3.76. The van der Waals surface area contributed by atoms with Gasteiger partial charge >= 0.3 is 0 Å². The predicted molar refractivity (Wildman–Crippen MR) is 137 cm³/mol. The molecule has 4 rings (SSSR count). The van der Waals surface area contributed by atoms with Crippen LogP contribution in [-0.2, 0) is 16.4 Å². The lowest BCUT2D eigenvalue weighted by Crippen LogP contribution is -2.17. The minimum atomic E-state index is -4.07. The molecule has 0 saturated heterocycles. The molecule has 186 valence electrons. The van der Waals surface area contributed by atoms with Gasteiger partial charge in [0, 0.05) is 12.4 Å². The summed E-state index contributed by atoms with van der Waals surface area (Å²) in [5, 5.41) is -0.129. The van der Waals surface area contributed by atoms with Gasteiger partial charge in [0.05, 0.1) is 12.0 Å². The lowest BCUT2D eigenvalue weighted by molar-refractivity contribution is 0.378. The number of sulfonamides is 1. The maximum atomic E-state index is 13.5. The third-order valence-electron chi connectivity index (χ3n) is 5.16. The number of unbranched alkanes of at least 4 members (excludes halogenated alkanes) is 1. The van der Waals surface area contributed by atoms with Crippen molar-refractivity contribution in [1.82, 2.24) is 19.9 Å². The highest BCUT2D eigenvalue weighted by atomic mass is 35.5. The SMILES string of the molecule is CCCCc1ccccc1S(=O)(=O)Nc1nc(-c2ncccn2)nc(Cl)c1Oc1ccccc1OC. The molecule has 0 amide bonds. The Bertz CT molecular complexity index is 1450. The van der Waals surface area contributed by atoms with Gasteiger partial charge in [-0.25, -0.2) is 28.4 Å². The summed E-state index contributed by atoms with van der Waals surface area (Å²) in [4.78, 5) is 17.1. The van der Waals surface area contributed by atoms with Gasteiger partial charge < -0.3 is 9.47 Å². The van der Waals surface area contributed by atoms with Crippen molar-refractivity contribution >= 4 is 27.4 Å². The van der Waals surface area contributed by atoms with E-state index in [0.717, 1.165) is 12.8 Å². The molecule has 0 atom stereocenters. The van der Waals surface area contributed by atoms with Crippen LogP contribution >= 0.6 is 11.6 Å². The summed E-state index contributed by atoms with van der Waals surface area (Å²) in [5.41, 5.74) is 0.700. The molecule has 0 radical (unpaired) electrons. The number of methoxy groups -OCH3 is 1. The number of hydrogen-bond acceptors (Lipinski definition) is 8. The molecule has 0 fully saturated rings. The highest BCUT2D eigenvalue weighted by molar-refractivity contribution is 7.92. The van der Waals surface area contributed by atoms with Crippen molar-refractivity contribution in [3.63, 3.8) is 0 Å². The molecular formula is C25H24ClN5O4S. The highest BCUT2D eigenvalue weighted by Crippen LogP contribution is 2.39. The first kappa shape index (κ1) is 25.3. The van der Waals surface area contributed by atoms with Crippen LogP contribution in [0.4, 0.5) is 5.82 Å². The molecule has 4 aromatic rings. The van der Waals surface area contributed by atoms with Crippen molar-refractivity contribution in [2.24, 2.45) is 0 Å². The molecule has 0 unspecified atom stereocenters. The van der Waals surface area contributed by atoms with Gasteiger partial charge in [-0.15, -0.1) is 0 Å². The highest BCUT2D eigenvalue weighted by Gasteiger charge is 2.25. The minimum Gasteiger partial charge on any atom is -0.493 e. The maximum absolute atomic E-state index is 13.5. The molecule has 2 aromatic carbocycles. The molecule has 0 aliphatic heterocycles. The molecule has 2 aromatic heterocycles. The van der Waals surface area contributed by atoms with Gasteiger partial charge in [-0.2, -0.15) is 0 Å². The molecular weight excluding hydrogens is 502 g/mol. The Morgan fingerprint density at radius 3 is 2.33 bits per heavy atom. The zero-order chi connectivity index (χ0) is 25.5. The Morgan fingerprint density at radius 1 is 0.917 bits per heavy atom. The molecule has 0 aliphatic rings. The summed E-state index contributed by atoms with van der Waals surface area (Å²) in [6, 6.07) is 15.3. The fourth-order valence-corrected chi connectivity index (χ4v) is 4.92. The lowest BCUT2D eigenvalue weighted by atomic mass is 10.1.